The predicted octanol–water partition coefficient (Wildman–Crippen LogP) is 2.32. The summed E-state index contributed by atoms with van der Waals surface area (Å²) in [6, 6.07) is 3.68. The molecule has 0 aliphatic heterocycles. The lowest BCUT2D eigenvalue weighted by molar-refractivity contribution is 0.557. The van der Waals surface area contributed by atoms with Crippen LogP contribution in [-0.4, -0.2) is 0 Å². The van der Waals surface area contributed by atoms with Crippen LogP contribution in [0, 0.1) is 35.5 Å². The van der Waals surface area contributed by atoms with Gasteiger partial charge in [-0.15, -0.1) is 0 Å². The van der Waals surface area contributed by atoms with Crippen molar-refractivity contribution in [3.8, 4) is 35.5 Å². The van der Waals surface area contributed by atoms with E-state index >= 15 is 0 Å². The molecule has 1 rings (SSSR count). The smallest absolute Gasteiger partial charge is 0.127 e. The van der Waals surface area contributed by atoms with Crippen LogP contribution in [0.5, 0.6) is 0 Å². The Morgan fingerprint density at radius 2 is 2.07 bits per heavy atom. The molecule has 66 valence electrons. The van der Waals surface area contributed by atoms with Crippen molar-refractivity contribution in [2.24, 2.45) is 0 Å². The van der Waals surface area contributed by atoms with Crippen molar-refractivity contribution in [3.63, 3.8) is 0 Å². The number of furan rings is 1. The van der Waals surface area contributed by atoms with Crippen molar-refractivity contribution in [2.45, 2.75) is 6.92 Å². The second-order valence-electron chi connectivity index (χ2n) is 2.24. The maximum atomic E-state index is 5.07. The third-order valence-electron chi connectivity index (χ3n) is 1.26. The van der Waals surface area contributed by atoms with E-state index in [9.17, 15) is 0 Å². The van der Waals surface area contributed by atoms with Crippen LogP contribution in [0.4, 0.5) is 0 Å². The van der Waals surface area contributed by atoms with E-state index in [1.807, 2.05) is 12.1 Å². The first-order chi connectivity index (χ1) is 6.93. The summed E-state index contributed by atoms with van der Waals surface area (Å²) >= 11 is 0. The summed E-state index contributed by atoms with van der Waals surface area (Å²) in [4.78, 5) is 0. The maximum Gasteiger partial charge on any atom is 0.127 e. The van der Waals surface area contributed by atoms with Crippen molar-refractivity contribution >= 4 is 6.08 Å². The minimum absolute atomic E-state index is 0.778. The lowest BCUT2D eigenvalue weighted by Gasteiger charge is -1.76. The van der Waals surface area contributed by atoms with Crippen LogP contribution in [0.1, 0.15) is 12.7 Å². The van der Waals surface area contributed by atoms with Gasteiger partial charge in [-0.25, -0.2) is 0 Å². The Bertz CT molecular complexity index is 471. The predicted molar refractivity (Wildman–Crippen MR) is 56.7 cm³/mol. The topological polar surface area (TPSA) is 13.1 Å². The summed E-state index contributed by atoms with van der Waals surface area (Å²) in [5.41, 5.74) is 0. The summed E-state index contributed by atoms with van der Waals surface area (Å²) in [5, 5.41) is 0. The van der Waals surface area contributed by atoms with E-state index in [2.05, 4.69) is 35.5 Å². The van der Waals surface area contributed by atoms with Crippen molar-refractivity contribution in [1.29, 1.82) is 0 Å². The first kappa shape index (κ1) is 9.79. The van der Waals surface area contributed by atoms with Gasteiger partial charge in [0.2, 0.25) is 0 Å². The molecule has 0 fully saturated rings. The quantitative estimate of drug-likeness (QED) is 0.604. The number of hydrogen-bond donors (Lipinski definition) is 0. The Morgan fingerprint density at radius 1 is 1.21 bits per heavy atom. The molecule has 1 heteroatoms. The average molecular weight is 180 g/mol. The van der Waals surface area contributed by atoms with Gasteiger partial charge in [-0.1, -0.05) is 11.8 Å². The zero-order chi connectivity index (χ0) is 10.1. The van der Waals surface area contributed by atoms with Gasteiger partial charge in [0.15, 0.2) is 0 Å². The highest BCUT2D eigenvalue weighted by atomic mass is 16.3. The first-order valence-corrected chi connectivity index (χ1v) is 4.06. The Morgan fingerprint density at radius 3 is 2.79 bits per heavy atom. The van der Waals surface area contributed by atoms with Gasteiger partial charge in [0.25, 0.3) is 0 Å². The minimum Gasteiger partial charge on any atom is -0.465 e. The van der Waals surface area contributed by atoms with Crippen molar-refractivity contribution in [3.05, 3.63) is 30.2 Å². The standard InChI is InChI=1S/C13H8O/c1-2-3-4-5-6-7-8-10-13-11-9-12-14-13/h8-12H,1H3. The molecule has 0 bridgehead atoms. The normalized spacial score (nSPS) is 7.79. The van der Waals surface area contributed by atoms with E-state index in [1.165, 1.54) is 0 Å². The zero-order valence-electron chi connectivity index (χ0n) is 7.79. The summed E-state index contributed by atoms with van der Waals surface area (Å²) in [7, 11) is 0. The van der Waals surface area contributed by atoms with Gasteiger partial charge in [-0.05, 0) is 54.9 Å². The molecule has 1 aromatic rings. The monoisotopic (exact) mass is 180 g/mol. The van der Waals surface area contributed by atoms with Gasteiger partial charge < -0.3 is 4.42 Å². The molecule has 0 radical (unpaired) electrons. The fraction of sp³-hybridized carbons (Fsp3) is 0.0769. The molecular formula is C13H8O. The molecule has 0 unspecified atom stereocenters. The molecule has 0 atom stereocenters. The lowest BCUT2D eigenvalue weighted by Crippen LogP contribution is -1.58. The molecule has 0 aliphatic rings. The second kappa shape index (κ2) is 6.24. The van der Waals surface area contributed by atoms with E-state index in [0.29, 0.717) is 0 Å². The van der Waals surface area contributed by atoms with Gasteiger partial charge in [0, 0.05) is 0 Å². The van der Waals surface area contributed by atoms with Gasteiger partial charge >= 0.3 is 0 Å². The Labute approximate surface area is 83.8 Å². The van der Waals surface area contributed by atoms with E-state index < -0.39 is 0 Å². The van der Waals surface area contributed by atoms with E-state index in [0.717, 1.165) is 5.76 Å². The Kier molecular flexibility index (Phi) is 4.36. The van der Waals surface area contributed by atoms with Crippen LogP contribution in [-0.2, 0) is 0 Å². The largest absolute Gasteiger partial charge is 0.465 e. The van der Waals surface area contributed by atoms with Crippen LogP contribution < -0.4 is 0 Å². The first-order valence-electron chi connectivity index (χ1n) is 4.06. The molecule has 0 spiro atoms. The van der Waals surface area contributed by atoms with E-state index in [-0.39, 0.29) is 0 Å². The summed E-state index contributed by atoms with van der Waals surface area (Å²) < 4.78 is 5.07. The molecule has 0 aliphatic carbocycles. The van der Waals surface area contributed by atoms with Gasteiger partial charge in [-0.3, -0.25) is 0 Å². The molecule has 1 heterocycles. The fourth-order valence-corrected chi connectivity index (χ4v) is 0.713. The molecule has 1 nitrogen and oxygen atoms in total. The van der Waals surface area contributed by atoms with Crippen molar-refractivity contribution < 1.29 is 4.42 Å². The molecule has 0 saturated heterocycles. The van der Waals surface area contributed by atoms with Gasteiger partial charge in [-0.2, -0.15) is 0 Å². The van der Waals surface area contributed by atoms with E-state index in [1.54, 1.807) is 25.3 Å². The summed E-state index contributed by atoms with van der Waals surface area (Å²) in [5.74, 6) is 16.6. The van der Waals surface area contributed by atoms with Crippen LogP contribution >= 0.6 is 0 Å². The number of rotatable bonds is 1. The van der Waals surface area contributed by atoms with Crippen molar-refractivity contribution in [1.82, 2.24) is 0 Å². The van der Waals surface area contributed by atoms with Crippen LogP contribution in [0.25, 0.3) is 6.08 Å². The lowest BCUT2D eigenvalue weighted by atomic mass is 10.4. The molecule has 0 N–H and O–H groups in total. The minimum atomic E-state index is 0.778. The fourth-order valence-electron chi connectivity index (χ4n) is 0.713. The molecule has 0 aromatic carbocycles. The molecule has 0 amide bonds. The summed E-state index contributed by atoms with van der Waals surface area (Å²) in [6.07, 6.45) is 5.08. The Balaban J connectivity index is 2.47. The highest BCUT2D eigenvalue weighted by molar-refractivity contribution is 5.48. The highest BCUT2D eigenvalue weighted by Crippen LogP contribution is 2.00. The van der Waals surface area contributed by atoms with Crippen LogP contribution in [0.15, 0.2) is 28.9 Å². The SMILES string of the molecule is CC#CC#CC#CC=Cc1ccco1. The Hall–Kier alpha value is -2.30. The second-order valence-corrected chi connectivity index (χ2v) is 2.24. The van der Waals surface area contributed by atoms with Crippen molar-refractivity contribution in [2.75, 3.05) is 0 Å². The average Bonchev–Trinajstić information content (AvgIpc) is 2.69. The molecular weight excluding hydrogens is 172 g/mol. The number of hydrogen-bond acceptors (Lipinski definition) is 1. The van der Waals surface area contributed by atoms with E-state index in [4.69, 9.17) is 4.42 Å². The number of allylic oxidation sites excluding steroid dienone is 1. The molecule has 1 aromatic heterocycles. The third-order valence-corrected chi connectivity index (χ3v) is 1.26. The maximum absolute atomic E-state index is 5.07. The molecule has 14 heavy (non-hydrogen) atoms. The highest BCUT2D eigenvalue weighted by Gasteiger charge is 1.83. The zero-order valence-corrected chi connectivity index (χ0v) is 7.79. The van der Waals surface area contributed by atoms with Gasteiger partial charge in [0.1, 0.15) is 5.76 Å². The van der Waals surface area contributed by atoms with Crippen LogP contribution in [0.3, 0.4) is 0 Å². The van der Waals surface area contributed by atoms with Gasteiger partial charge in [0.05, 0.1) is 6.26 Å². The molecule has 0 saturated carbocycles. The van der Waals surface area contributed by atoms with Crippen LogP contribution in [0.2, 0.25) is 0 Å². The summed E-state index contributed by atoms with van der Waals surface area (Å²) in [6.45, 7) is 1.74. The third kappa shape index (κ3) is 3.91.